The Bertz CT molecular complexity index is 399. The van der Waals surface area contributed by atoms with Crippen LogP contribution in [-0.2, 0) is 6.42 Å². The van der Waals surface area contributed by atoms with Crippen molar-refractivity contribution in [3.63, 3.8) is 0 Å². The van der Waals surface area contributed by atoms with Crippen LogP contribution in [0.4, 0.5) is 8.78 Å². The molecule has 0 aliphatic carbocycles. The van der Waals surface area contributed by atoms with Crippen molar-refractivity contribution in [2.24, 2.45) is 0 Å². The zero-order valence-corrected chi connectivity index (χ0v) is 8.42. The third-order valence-electron chi connectivity index (χ3n) is 2.14. The van der Waals surface area contributed by atoms with Crippen molar-refractivity contribution in [3.05, 3.63) is 23.0 Å². The van der Waals surface area contributed by atoms with Crippen LogP contribution < -0.4 is 4.74 Å². The van der Waals surface area contributed by atoms with E-state index in [0.29, 0.717) is 16.9 Å². The Morgan fingerprint density at radius 2 is 2.27 bits per heavy atom. The maximum absolute atomic E-state index is 12.5. The van der Waals surface area contributed by atoms with Gasteiger partial charge in [0.2, 0.25) is 0 Å². The number of ether oxygens (including phenoxy) is 1. The molecule has 0 fully saturated rings. The van der Waals surface area contributed by atoms with Gasteiger partial charge in [0.25, 0.3) is 6.43 Å². The fraction of sp³-hybridized carbons (Fsp3) is 0.400. The van der Waals surface area contributed by atoms with E-state index in [-0.39, 0.29) is 12.1 Å². The van der Waals surface area contributed by atoms with Crippen LogP contribution in [-0.4, -0.2) is 12.1 Å². The number of rotatable bonds is 3. The number of pyridine rings is 1. The number of methoxy groups -OCH3 is 1. The SMILES string of the molecule is COc1cnc(C(F)F)c(C)c1CC#N. The van der Waals surface area contributed by atoms with E-state index in [9.17, 15) is 8.78 Å². The summed E-state index contributed by atoms with van der Waals surface area (Å²) < 4.78 is 30.0. The van der Waals surface area contributed by atoms with Gasteiger partial charge in [0.15, 0.2) is 0 Å². The predicted octanol–water partition coefficient (Wildman–Crippen LogP) is 2.40. The number of aromatic nitrogens is 1. The Morgan fingerprint density at radius 3 is 2.73 bits per heavy atom. The number of alkyl halides is 2. The lowest BCUT2D eigenvalue weighted by atomic mass is 10.0. The molecule has 1 aromatic rings. The first kappa shape index (κ1) is 11.4. The summed E-state index contributed by atoms with van der Waals surface area (Å²) in [7, 11) is 1.42. The monoisotopic (exact) mass is 212 g/mol. The van der Waals surface area contributed by atoms with Gasteiger partial charge in [0.05, 0.1) is 25.8 Å². The highest BCUT2D eigenvalue weighted by atomic mass is 19.3. The van der Waals surface area contributed by atoms with Crippen molar-refractivity contribution in [1.82, 2.24) is 4.98 Å². The van der Waals surface area contributed by atoms with E-state index in [1.165, 1.54) is 20.2 Å². The zero-order valence-electron chi connectivity index (χ0n) is 8.42. The number of nitrogens with zero attached hydrogens (tertiary/aromatic N) is 2. The van der Waals surface area contributed by atoms with E-state index in [1.54, 1.807) is 0 Å². The van der Waals surface area contributed by atoms with E-state index < -0.39 is 6.43 Å². The number of halogens is 2. The van der Waals surface area contributed by atoms with Crippen LogP contribution in [0.5, 0.6) is 5.75 Å². The van der Waals surface area contributed by atoms with E-state index in [0.717, 1.165) is 0 Å². The first-order valence-electron chi connectivity index (χ1n) is 4.29. The van der Waals surface area contributed by atoms with Crippen molar-refractivity contribution >= 4 is 0 Å². The highest BCUT2D eigenvalue weighted by Gasteiger charge is 2.17. The highest BCUT2D eigenvalue weighted by molar-refractivity contribution is 5.42. The molecule has 80 valence electrons. The Labute approximate surface area is 86.3 Å². The van der Waals surface area contributed by atoms with Gasteiger partial charge in [-0.25, -0.2) is 8.78 Å². The largest absolute Gasteiger partial charge is 0.495 e. The van der Waals surface area contributed by atoms with Gasteiger partial charge in [0.1, 0.15) is 11.4 Å². The topological polar surface area (TPSA) is 45.9 Å². The molecule has 0 amide bonds. The Morgan fingerprint density at radius 1 is 1.60 bits per heavy atom. The molecule has 1 aromatic heterocycles. The van der Waals surface area contributed by atoms with Gasteiger partial charge in [-0.05, 0) is 12.5 Å². The molecular weight excluding hydrogens is 202 g/mol. The standard InChI is InChI=1S/C10H10F2N2O/c1-6-7(3-4-13)8(15-2)5-14-9(6)10(11)12/h5,10H,3H2,1-2H3. The Hall–Kier alpha value is -1.70. The van der Waals surface area contributed by atoms with Gasteiger partial charge >= 0.3 is 0 Å². The zero-order chi connectivity index (χ0) is 11.4. The summed E-state index contributed by atoms with van der Waals surface area (Å²) in [6.07, 6.45) is -1.37. The third kappa shape index (κ3) is 2.21. The summed E-state index contributed by atoms with van der Waals surface area (Å²) in [4.78, 5) is 3.61. The first-order chi connectivity index (χ1) is 7.11. The second kappa shape index (κ2) is 4.69. The molecule has 0 spiro atoms. The minimum Gasteiger partial charge on any atom is -0.495 e. The van der Waals surface area contributed by atoms with Crippen molar-refractivity contribution in [3.8, 4) is 11.8 Å². The van der Waals surface area contributed by atoms with Gasteiger partial charge in [0, 0.05) is 5.56 Å². The molecule has 1 rings (SSSR count). The maximum Gasteiger partial charge on any atom is 0.280 e. The summed E-state index contributed by atoms with van der Waals surface area (Å²) in [6, 6.07) is 1.91. The van der Waals surface area contributed by atoms with Gasteiger partial charge < -0.3 is 4.74 Å². The van der Waals surface area contributed by atoms with Gasteiger partial charge in [-0.15, -0.1) is 0 Å². The molecule has 1 heterocycles. The molecule has 0 unspecified atom stereocenters. The van der Waals surface area contributed by atoms with Crippen LogP contribution in [0.25, 0.3) is 0 Å². The average molecular weight is 212 g/mol. The molecule has 15 heavy (non-hydrogen) atoms. The smallest absolute Gasteiger partial charge is 0.280 e. The van der Waals surface area contributed by atoms with E-state index in [4.69, 9.17) is 10.00 Å². The number of hydrogen-bond acceptors (Lipinski definition) is 3. The van der Waals surface area contributed by atoms with Crippen LogP contribution in [0.3, 0.4) is 0 Å². The third-order valence-corrected chi connectivity index (χ3v) is 2.14. The van der Waals surface area contributed by atoms with Crippen molar-refractivity contribution in [1.29, 1.82) is 5.26 Å². The molecule has 0 saturated carbocycles. The second-order valence-corrected chi connectivity index (χ2v) is 2.95. The minimum absolute atomic E-state index is 0.0389. The van der Waals surface area contributed by atoms with Crippen LogP contribution >= 0.6 is 0 Å². The normalized spacial score (nSPS) is 10.1. The molecule has 0 aliphatic rings. The molecule has 0 atom stereocenters. The fourth-order valence-corrected chi connectivity index (χ4v) is 1.34. The van der Waals surface area contributed by atoms with Crippen LogP contribution in [0.15, 0.2) is 6.20 Å². The second-order valence-electron chi connectivity index (χ2n) is 2.95. The quantitative estimate of drug-likeness (QED) is 0.772. The summed E-state index contributed by atoms with van der Waals surface area (Å²) in [5.74, 6) is 0.374. The van der Waals surface area contributed by atoms with E-state index in [1.807, 2.05) is 6.07 Å². The Balaban J connectivity index is 3.30. The first-order valence-corrected chi connectivity index (χ1v) is 4.29. The van der Waals surface area contributed by atoms with Crippen molar-refractivity contribution in [2.75, 3.05) is 7.11 Å². The van der Waals surface area contributed by atoms with E-state index in [2.05, 4.69) is 4.98 Å². The number of hydrogen-bond donors (Lipinski definition) is 0. The predicted molar refractivity (Wildman–Crippen MR) is 49.8 cm³/mol. The number of nitriles is 1. The molecule has 0 aromatic carbocycles. The molecule has 0 saturated heterocycles. The van der Waals surface area contributed by atoms with E-state index >= 15 is 0 Å². The van der Waals surface area contributed by atoms with Crippen LogP contribution in [0.2, 0.25) is 0 Å². The van der Waals surface area contributed by atoms with Crippen LogP contribution in [0, 0.1) is 18.3 Å². The molecule has 5 heteroatoms. The average Bonchev–Trinajstić information content (AvgIpc) is 2.20. The molecular formula is C10H10F2N2O. The Kier molecular flexibility index (Phi) is 3.56. The molecule has 0 radical (unpaired) electrons. The summed E-state index contributed by atoms with van der Waals surface area (Å²) in [5, 5.41) is 8.58. The highest BCUT2D eigenvalue weighted by Crippen LogP contribution is 2.28. The van der Waals surface area contributed by atoms with Gasteiger partial charge in [-0.3, -0.25) is 4.98 Å². The van der Waals surface area contributed by atoms with Crippen molar-refractivity contribution in [2.45, 2.75) is 19.8 Å². The molecule has 0 N–H and O–H groups in total. The molecule has 3 nitrogen and oxygen atoms in total. The molecule has 0 aliphatic heterocycles. The van der Waals surface area contributed by atoms with Gasteiger partial charge in [-0.1, -0.05) is 0 Å². The van der Waals surface area contributed by atoms with Crippen LogP contribution in [0.1, 0.15) is 23.2 Å². The molecule has 0 bridgehead atoms. The lowest BCUT2D eigenvalue weighted by Crippen LogP contribution is -2.02. The summed E-state index contributed by atoms with van der Waals surface area (Å²) in [5.41, 5.74) is 0.511. The lowest BCUT2D eigenvalue weighted by Gasteiger charge is -2.11. The summed E-state index contributed by atoms with van der Waals surface area (Å²) >= 11 is 0. The minimum atomic E-state index is -2.63. The lowest BCUT2D eigenvalue weighted by molar-refractivity contribution is 0.145. The summed E-state index contributed by atoms with van der Waals surface area (Å²) in [6.45, 7) is 1.52. The van der Waals surface area contributed by atoms with Crippen molar-refractivity contribution < 1.29 is 13.5 Å². The van der Waals surface area contributed by atoms with Gasteiger partial charge in [-0.2, -0.15) is 5.26 Å². The maximum atomic E-state index is 12.5. The fourth-order valence-electron chi connectivity index (χ4n) is 1.34.